The van der Waals surface area contributed by atoms with Gasteiger partial charge in [0.15, 0.2) is 0 Å². The van der Waals surface area contributed by atoms with E-state index in [1.54, 1.807) is 4.68 Å². The number of benzene rings is 1. The summed E-state index contributed by atoms with van der Waals surface area (Å²) in [5.41, 5.74) is 3.67. The van der Waals surface area contributed by atoms with Gasteiger partial charge in [0.1, 0.15) is 5.82 Å². The number of thioether (sulfide) groups is 1. The molecular weight excluding hydrogens is 320 g/mol. The fraction of sp³-hybridized carbons (Fsp3) is 0.444. The van der Waals surface area contributed by atoms with E-state index in [-0.39, 0.29) is 18.0 Å². The maximum Gasteiger partial charge on any atom is 0.245 e. The van der Waals surface area contributed by atoms with Crippen LogP contribution in [0.25, 0.3) is 0 Å². The van der Waals surface area contributed by atoms with Crippen molar-refractivity contribution in [2.24, 2.45) is 7.05 Å². The van der Waals surface area contributed by atoms with Crippen LogP contribution >= 0.6 is 11.8 Å². The third-order valence-electron chi connectivity index (χ3n) is 4.83. The van der Waals surface area contributed by atoms with Gasteiger partial charge in [-0.2, -0.15) is 16.9 Å². The fourth-order valence-electron chi connectivity index (χ4n) is 3.67. The SMILES string of the molecule is Cc1cc(N2CCC(NC3CSCc4ccccc43)C2=O)n(C)n1. The zero-order valence-electron chi connectivity index (χ0n) is 14.0. The molecule has 0 saturated carbocycles. The van der Waals surface area contributed by atoms with Gasteiger partial charge in [-0.3, -0.25) is 19.7 Å². The molecule has 2 aliphatic rings. The molecule has 0 bridgehead atoms. The molecule has 1 aromatic heterocycles. The van der Waals surface area contributed by atoms with E-state index in [0.717, 1.165) is 36.0 Å². The van der Waals surface area contributed by atoms with Crippen molar-refractivity contribution in [1.82, 2.24) is 15.1 Å². The van der Waals surface area contributed by atoms with Gasteiger partial charge in [-0.15, -0.1) is 0 Å². The highest BCUT2D eigenvalue weighted by Gasteiger charge is 2.36. The minimum Gasteiger partial charge on any atom is -0.298 e. The molecule has 0 aliphatic carbocycles. The molecule has 1 N–H and O–H groups in total. The predicted octanol–water partition coefficient (Wildman–Crippen LogP) is 2.41. The monoisotopic (exact) mass is 342 g/mol. The van der Waals surface area contributed by atoms with E-state index in [0.29, 0.717) is 0 Å². The number of amides is 1. The Bertz CT molecular complexity index is 772. The zero-order chi connectivity index (χ0) is 16.7. The minimum absolute atomic E-state index is 0.114. The molecule has 4 rings (SSSR count). The van der Waals surface area contributed by atoms with E-state index in [4.69, 9.17) is 0 Å². The Kier molecular flexibility index (Phi) is 4.10. The molecule has 24 heavy (non-hydrogen) atoms. The summed E-state index contributed by atoms with van der Waals surface area (Å²) >= 11 is 1.93. The van der Waals surface area contributed by atoms with Crippen LogP contribution in [0.2, 0.25) is 0 Å². The van der Waals surface area contributed by atoms with Crippen LogP contribution in [0, 0.1) is 6.92 Å². The maximum atomic E-state index is 12.9. The third kappa shape index (κ3) is 2.74. The van der Waals surface area contributed by atoms with E-state index in [9.17, 15) is 4.79 Å². The summed E-state index contributed by atoms with van der Waals surface area (Å²) in [6, 6.07) is 10.7. The maximum absolute atomic E-state index is 12.9. The van der Waals surface area contributed by atoms with Gasteiger partial charge in [0.25, 0.3) is 0 Å². The van der Waals surface area contributed by atoms with Crippen LogP contribution in [-0.4, -0.2) is 34.0 Å². The van der Waals surface area contributed by atoms with Crippen LogP contribution in [0.1, 0.15) is 29.3 Å². The van der Waals surface area contributed by atoms with Crippen molar-refractivity contribution in [2.45, 2.75) is 31.2 Å². The normalized spacial score (nSPS) is 23.6. The van der Waals surface area contributed by atoms with E-state index in [1.807, 2.05) is 36.7 Å². The lowest BCUT2D eigenvalue weighted by Gasteiger charge is -2.28. The molecule has 1 aromatic carbocycles. The molecule has 2 unspecified atom stereocenters. The highest BCUT2D eigenvalue weighted by molar-refractivity contribution is 7.98. The molecule has 1 saturated heterocycles. The van der Waals surface area contributed by atoms with Crippen LogP contribution < -0.4 is 10.2 Å². The van der Waals surface area contributed by atoms with Crippen molar-refractivity contribution in [3.63, 3.8) is 0 Å². The Morgan fingerprint density at radius 1 is 1.29 bits per heavy atom. The van der Waals surface area contributed by atoms with Gasteiger partial charge in [-0.25, -0.2) is 0 Å². The lowest BCUT2D eigenvalue weighted by Crippen LogP contribution is -2.42. The number of rotatable bonds is 3. The van der Waals surface area contributed by atoms with Crippen molar-refractivity contribution < 1.29 is 4.79 Å². The molecule has 3 heterocycles. The van der Waals surface area contributed by atoms with E-state index in [2.05, 4.69) is 34.7 Å². The number of aryl methyl sites for hydroxylation is 2. The molecular formula is C18H22N4OS. The third-order valence-corrected chi connectivity index (χ3v) is 5.92. The Balaban J connectivity index is 1.51. The van der Waals surface area contributed by atoms with Crippen molar-refractivity contribution in [3.05, 3.63) is 47.2 Å². The van der Waals surface area contributed by atoms with E-state index < -0.39 is 0 Å². The molecule has 1 amide bonds. The first kappa shape index (κ1) is 15.7. The molecule has 126 valence electrons. The van der Waals surface area contributed by atoms with Crippen LogP contribution in [0.3, 0.4) is 0 Å². The summed E-state index contributed by atoms with van der Waals surface area (Å²) in [7, 11) is 1.89. The average molecular weight is 342 g/mol. The number of anilines is 1. The Hall–Kier alpha value is -1.79. The quantitative estimate of drug-likeness (QED) is 0.931. The highest BCUT2D eigenvalue weighted by atomic mass is 32.2. The summed E-state index contributed by atoms with van der Waals surface area (Å²) in [5.74, 6) is 3.13. The number of fused-ring (bicyclic) bond motifs is 1. The first-order valence-corrected chi connectivity index (χ1v) is 9.52. The van der Waals surface area contributed by atoms with Gasteiger partial charge < -0.3 is 0 Å². The standard InChI is InChI=1S/C18H22N4OS/c1-12-9-17(21(2)20-12)22-8-7-15(18(22)23)19-16-11-24-10-13-5-3-4-6-14(13)16/h3-6,9,15-16,19H,7-8,10-11H2,1-2H3. The van der Waals surface area contributed by atoms with Crippen LogP contribution in [0.15, 0.2) is 30.3 Å². The number of nitrogens with zero attached hydrogens (tertiary/aromatic N) is 3. The molecule has 0 spiro atoms. The van der Waals surface area contributed by atoms with Crippen LogP contribution in [0.5, 0.6) is 0 Å². The Morgan fingerprint density at radius 2 is 2.12 bits per heavy atom. The summed E-state index contributed by atoms with van der Waals surface area (Å²) in [4.78, 5) is 14.7. The van der Waals surface area contributed by atoms with Crippen LogP contribution in [0.4, 0.5) is 5.82 Å². The Labute approximate surface area is 146 Å². The summed E-state index contributed by atoms with van der Waals surface area (Å²) < 4.78 is 1.79. The number of aromatic nitrogens is 2. The summed E-state index contributed by atoms with van der Waals surface area (Å²) in [5, 5.41) is 7.97. The van der Waals surface area contributed by atoms with Crippen LogP contribution in [-0.2, 0) is 17.6 Å². The first-order chi connectivity index (χ1) is 11.6. The van der Waals surface area contributed by atoms with Gasteiger partial charge in [0, 0.05) is 37.2 Å². The number of hydrogen-bond acceptors (Lipinski definition) is 4. The zero-order valence-corrected chi connectivity index (χ0v) is 14.8. The van der Waals surface area contributed by atoms with Crippen molar-refractivity contribution in [3.8, 4) is 0 Å². The lowest BCUT2D eigenvalue weighted by molar-refractivity contribution is -0.119. The second-order valence-electron chi connectivity index (χ2n) is 6.53. The summed E-state index contributed by atoms with van der Waals surface area (Å²) in [6.45, 7) is 2.70. The molecule has 2 atom stereocenters. The van der Waals surface area contributed by atoms with Gasteiger partial charge in [-0.1, -0.05) is 24.3 Å². The number of carbonyl (C=O) groups excluding carboxylic acids is 1. The molecule has 0 radical (unpaired) electrons. The second-order valence-corrected chi connectivity index (χ2v) is 7.56. The summed E-state index contributed by atoms with van der Waals surface area (Å²) in [6.07, 6.45) is 0.840. The molecule has 5 nitrogen and oxygen atoms in total. The van der Waals surface area contributed by atoms with Gasteiger partial charge in [0.05, 0.1) is 11.7 Å². The molecule has 2 aliphatic heterocycles. The largest absolute Gasteiger partial charge is 0.298 e. The predicted molar refractivity (Wildman–Crippen MR) is 97.2 cm³/mol. The van der Waals surface area contributed by atoms with Gasteiger partial charge >= 0.3 is 0 Å². The van der Waals surface area contributed by atoms with E-state index >= 15 is 0 Å². The first-order valence-electron chi connectivity index (χ1n) is 8.37. The van der Waals surface area contributed by atoms with Gasteiger partial charge in [-0.05, 0) is 24.5 Å². The number of carbonyl (C=O) groups is 1. The highest BCUT2D eigenvalue weighted by Crippen LogP contribution is 2.33. The molecule has 1 fully saturated rings. The van der Waals surface area contributed by atoms with Crippen molar-refractivity contribution in [1.29, 1.82) is 0 Å². The number of hydrogen-bond donors (Lipinski definition) is 1. The molecule has 6 heteroatoms. The smallest absolute Gasteiger partial charge is 0.245 e. The Morgan fingerprint density at radius 3 is 2.92 bits per heavy atom. The van der Waals surface area contributed by atoms with Gasteiger partial charge in [0.2, 0.25) is 5.91 Å². The second kappa shape index (κ2) is 6.26. The molecule has 2 aromatic rings. The van der Waals surface area contributed by atoms with E-state index in [1.165, 1.54) is 11.1 Å². The van der Waals surface area contributed by atoms with Crippen molar-refractivity contribution in [2.75, 3.05) is 17.2 Å². The lowest BCUT2D eigenvalue weighted by atomic mass is 10.0. The minimum atomic E-state index is -0.114. The fourth-order valence-corrected chi connectivity index (χ4v) is 4.79. The van der Waals surface area contributed by atoms with Crippen molar-refractivity contribution >= 4 is 23.5 Å². The topological polar surface area (TPSA) is 50.2 Å². The average Bonchev–Trinajstić information content (AvgIpc) is 3.10. The number of nitrogens with one attached hydrogen (secondary N) is 1.